The van der Waals surface area contributed by atoms with Crippen molar-refractivity contribution in [2.45, 2.75) is 12.5 Å². The van der Waals surface area contributed by atoms with Crippen LogP contribution in [0.4, 0.5) is 14.6 Å². The topological polar surface area (TPSA) is 78.0 Å². The zero-order chi connectivity index (χ0) is 10.6. The lowest BCUT2D eigenvalue weighted by molar-refractivity contribution is 0.00379. The van der Waals surface area contributed by atoms with Crippen LogP contribution in [0.1, 0.15) is 0 Å². The van der Waals surface area contributed by atoms with E-state index < -0.39 is 24.6 Å². The highest BCUT2D eigenvalue weighted by atomic mass is 19.3. The van der Waals surface area contributed by atoms with Crippen molar-refractivity contribution in [1.29, 1.82) is 0 Å². The Balaban J connectivity index is 2.54. The van der Waals surface area contributed by atoms with E-state index in [0.29, 0.717) is 0 Å². The van der Waals surface area contributed by atoms with E-state index in [1.807, 2.05) is 0 Å². The van der Waals surface area contributed by atoms with Gasteiger partial charge in [-0.15, -0.1) is 0 Å². The van der Waals surface area contributed by atoms with Crippen molar-refractivity contribution in [3.8, 4) is 0 Å². The number of aliphatic hydroxyl groups excluding tert-OH is 1. The van der Waals surface area contributed by atoms with Crippen LogP contribution < -0.4 is 10.9 Å². The SMILES string of the molecule is O=c1[nH]ccnc1NCC(O)C(F)F. The van der Waals surface area contributed by atoms with E-state index in [-0.39, 0.29) is 5.82 Å². The fourth-order valence-electron chi connectivity index (χ4n) is 0.768. The highest BCUT2D eigenvalue weighted by Crippen LogP contribution is 2.00. The second-order valence-electron chi connectivity index (χ2n) is 2.55. The van der Waals surface area contributed by atoms with Crippen LogP contribution in [0.2, 0.25) is 0 Å². The van der Waals surface area contributed by atoms with Gasteiger partial charge in [-0.3, -0.25) is 4.79 Å². The Hall–Kier alpha value is -1.50. The van der Waals surface area contributed by atoms with Crippen molar-refractivity contribution in [2.75, 3.05) is 11.9 Å². The summed E-state index contributed by atoms with van der Waals surface area (Å²) in [4.78, 5) is 16.9. The zero-order valence-corrected chi connectivity index (χ0v) is 7.08. The molecule has 1 aromatic heterocycles. The van der Waals surface area contributed by atoms with E-state index >= 15 is 0 Å². The van der Waals surface area contributed by atoms with Gasteiger partial charge in [0.25, 0.3) is 12.0 Å². The van der Waals surface area contributed by atoms with Gasteiger partial charge in [-0.1, -0.05) is 0 Å². The third kappa shape index (κ3) is 2.77. The van der Waals surface area contributed by atoms with Crippen LogP contribution >= 0.6 is 0 Å². The molecule has 1 aromatic rings. The highest BCUT2D eigenvalue weighted by molar-refractivity contribution is 5.29. The summed E-state index contributed by atoms with van der Waals surface area (Å²) < 4.78 is 23.7. The molecular weight excluding hydrogens is 196 g/mol. The van der Waals surface area contributed by atoms with Crippen LogP contribution in [0.15, 0.2) is 17.2 Å². The summed E-state index contributed by atoms with van der Waals surface area (Å²) in [5.74, 6) is -0.0906. The fourth-order valence-corrected chi connectivity index (χ4v) is 0.768. The van der Waals surface area contributed by atoms with Gasteiger partial charge in [0.05, 0.1) is 0 Å². The largest absolute Gasteiger partial charge is 0.385 e. The van der Waals surface area contributed by atoms with Gasteiger partial charge in [0.15, 0.2) is 5.82 Å². The lowest BCUT2D eigenvalue weighted by Gasteiger charge is -2.09. The molecule has 0 spiro atoms. The van der Waals surface area contributed by atoms with Crippen LogP contribution in [0, 0.1) is 0 Å². The van der Waals surface area contributed by atoms with Gasteiger partial charge in [-0.05, 0) is 0 Å². The summed E-state index contributed by atoms with van der Waals surface area (Å²) in [7, 11) is 0. The first kappa shape index (κ1) is 10.6. The van der Waals surface area contributed by atoms with Crippen LogP contribution in [0.3, 0.4) is 0 Å². The van der Waals surface area contributed by atoms with Crippen molar-refractivity contribution < 1.29 is 13.9 Å². The number of H-pyrrole nitrogens is 1. The molecule has 0 fully saturated rings. The quantitative estimate of drug-likeness (QED) is 0.636. The Bertz CT molecular complexity index is 342. The van der Waals surface area contributed by atoms with Crippen LogP contribution in [-0.4, -0.2) is 34.1 Å². The van der Waals surface area contributed by atoms with Gasteiger partial charge in [0.2, 0.25) is 0 Å². The molecule has 78 valence electrons. The van der Waals surface area contributed by atoms with Crippen molar-refractivity contribution in [3.05, 3.63) is 22.7 Å². The third-order valence-electron chi connectivity index (χ3n) is 1.48. The van der Waals surface area contributed by atoms with Gasteiger partial charge >= 0.3 is 0 Å². The van der Waals surface area contributed by atoms with Crippen LogP contribution in [-0.2, 0) is 0 Å². The first-order valence-corrected chi connectivity index (χ1v) is 3.85. The number of hydrogen-bond donors (Lipinski definition) is 3. The lowest BCUT2D eigenvalue weighted by atomic mass is 10.4. The number of rotatable bonds is 4. The van der Waals surface area contributed by atoms with E-state index in [2.05, 4.69) is 15.3 Å². The summed E-state index contributed by atoms with van der Waals surface area (Å²) in [6.45, 7) is -0.419. The number of aliphatic hydroxyl groups is 1. The molecule has 1 unspecified atom stereocenters. The average Bonchev–Trinajstić information content (AvgIpc) is 2.16. The minimum Gasteiger partial charge on any atom is -0.385 e. The minimum atomic E-state index is -2.84. The smallest absolute Gasteiger partial charge is 0.290 e. The molecule has 0 aliphatic heterocycles. The summed E-state index contributed by atoms with van der Waals surface area (Å²) in [5.41, 5.74) is -0.519. The summed E-state index contributed by atoms with van der Waals surface area (Å²) >= 11 is 0. The van der Waals surface area contributed by atoms with Gasteiger partial charge in [0, 0.05) is 18.9 Å². The fraction of sp³-hybridized carbons (Fsp3) is 0.429. The second kappa shape index (κ2) is 4.66. The molecule has 0 saturated carbocycles. The van der Waals surface area contributed by atoms with E-state index in [9.17, 15) is 13.6 Å². The number of nitrogens with one attached hydrogen (secondary N) is 2. The van der Waals surface area contributed by atoms with Gasteiger partial charge < -0.3 is 15.4 Å². The molecule has 0 bridgehead atoms. The molecule has 3 N–H and O–H groups in total. The third-order valence-corrected chi connectivity index (χ3v) is 1.48. The molecule has 0 amide bonds. The standard InChI is InChI=1S/C7H9F2N3O2/c8-5(9)4(13)3-12-6-7(14)11-2-1-10-6/h1-2,4-5,13H,3H2,(H,10,12)(H,11,14). The first-order valence-electron chi connectivity index (χ1n) is 3.85. The minimum absolute atomic E-state index is 0.0906. The van der Waals surface area contributed by atoms with Crippen LogP contribution in [0.25, 0.3) is 0 Å². The van der Waals surface area contributed by atoms with Gasteiger partial charge in [-0.25, -0.2) is 13.8 Å². The first-order chi connectivity index (χ1) is 6.61. The maximum absolute atomic E-state index is 11.8. The van der Waals surface area contributed by atoms with Gasteiger partial charge in [0.1, 0.15) is 6.10 Å². The molecule has 0 aliphatic rings. The summed E-state index contributed by atoms with van der Waals surface area (Å²) in [5, 5.41) is 11.0. The Morgan fingerprint density at radius 2 is 2.36 bits per heavy atom. The number of hydrogen-bond acceptors (Lipinski definition) is 4. The number of nitrogens with zero attached hydrogens (tertiary/aromatic N) is 1. The van der Waals surface area contributed by atoms with E-state index in [0.717, 1.165) is 0 Å². The second-order valence-corrected chi connectivity index (χ2v) is 2.55. The van der Waals surface area contributed by atoms with Crippen molar-refractivity contribution >= 4 is 5.82 Å². The number of anilines is 1. The molecule has 1 heterocycles. The van der Waals surface area contributed by atoms with E-state index in [1.54, 1.807) is 0 Å². The predicted molar refractivity (Wildman–Crippen MR) is 45.4 cm³/mol. The Morgan fingerprint density at radius 3 is 2.93 bits per heavy atom. The lowest BCUT2D eigenvalue weighted by Crippen LogP contribution is -2.29. The number of aromatic nitrogens is 2. The number of halogens is 2. The maximum atomic E-state index is 11.8. The Morgan fingerprint density at radius 1 is 1.64 bits per heavy atom. The molecule has 7 heteroatoms. The maximum Gasteiger partial charge on any atom is 0.290 e. The predicted octanol–water partition coefficient (Wildman–Crippen LogP) is -0.192. The average molecular weight is 205 g/mol. The molecule has 5 nitrogen and oxygen atoms in total. The molecule has 0 aliphatic carbocycles. The van der Waals surface area contributed by atoms with Crippen molar-refractivity contribution in [3.63, 3.8) is 0 Å². The summed E-state index contributed by atoms with van der Waals surface area (Å²) in [6, 6.07) is 0. The van der Waals surface area contributed by atoms with E-state index in [1.165, 1.54) is 12.4 Å². The molecule has 1 atom stereocenters. The Kier molecular flexibility index (Phi) is 3.52. The van der Waals surface area contributed by atoms with Crippen molar-refractivity contribution in [2.24, 2.45) is 0 Å². The molecule has 0 radical (unpaired) electrons. The number of alkyl halides is 2. The monoisotopic (exact) mass is 205 g/mol. The van der Waals surface area contributed by atoms with Crippen LogP contribution in [0.5, 0.6) is 0 Å². The molecular formula is C7H9F2N3O2. The summed E-state index contributed by atoms with van der Waals surface area (Å²) in [6.07, 6.45) is -2.03. The molecule has 14 heavy (non-hydrogen) atoms. The molecule has 1 rings (SSSR count). The zero-order valence-electron chi connectivity index (χ0n) is 7.08. The van der Waals surface area contributed by atoms with Crippen molar-refractivity contribution in [1.82, 2.24) is 9.97 Å². The Labute approximate surface area is 77.8 Å². The number of aromatic amines is 1. The molecule has 0 aromatic carbocycles. The van der Waals surface area contributed by atoms with Gasteiger partial charge in [-0.2, -0.15) is 0 Å². The highest BCUT2D eigenvalue weighted by Gasteiger charge is 2.16. The molecule has 0 saturated heterocycles. The normalized spacial score (nSPS) is 12.9. The van der Waals surface area contributed by atoms with E-state index in [4.69, 9.17) is 5.11 Å².